The fraction of sp³-hybridized carbons (Fsp3) is 0.556. The quantitative estimate of drug-likeness (QED) is 0.289. The first kappa shape index (κ1) is 23.4. The van der Waals surface area contributed by atoms with Gasteiger partial charge in [0, 0.05) is 30.6 Å². The third kappa shape index (κ3) is 6.15. The summed E-state index contributed by atoms with van der Waals surface area (Å²) in [6.45, 7) is 9.51. The summed E-state index contributed by atoms with van der Waals surface area (Å²) in [5.41, 5.74) is 5.16. The van der Waals surface area contributed by atoms with E-state index in [1.54, 1.807) is 6.07 Å². The Bertz CT molecular complexity index is 880. The van der Waals surface area contributed by atoms with Crippen LogP contribution in [0.2, 0.25) is 0 Å². The second-order valence-electron chi connectivity index (χ2n) is 9.68. The van der Waals surface area contributed by atoms with E-state index in [2.05, 4.69) is 44.9 Å². The number of hydrogen-bond donors (Lipinski definition) is 1. The average molecular weight is 424 g/mol. The molecule has 3 nitrogen and oxygen atoms in total. The molecule has 0 unspecified atom stereocenters. The van der Waals surface area contributed by atoms with Gasteiger partial charge in [0.1, 0.15) is 5.82 Å². The number of rotatable bonds is 7. The van der Waals surface area contributed by atoms with Gasteiger partial charge >= 0.3 is 0 Å². The summed E-state index contributed by atoms with van der Waals surface area (Å²) in [7, 11) is 2.23. The van der Waals surface area contributed by atoms with Crippen molar-refractivity contribution in [3.63, 3.8) is 0 Å². The summed E-state index contributed by atoms with van der Waals surface area (Å²) in [4.78, 5) is 7.21. The molecule has 0 amide bonds. The van der Waals surface area contributed by atoms with E-state index in [-0.39, 0.29) is 11.7 Å². The second kappa shape index (κ2) is 10.4. The highest BCUT2D eigenvalue weighted by Gasteiger charge is 2.34. The van der Waals surface area contributed by atoms with Crippen molar-refractivity contribution in [1.82, 2.24) is 4.90 Å². The van der Waals surface area contributed by atoms with Crippen LogP contribution in [-0.2, 0) is 0 Å². The number of allylic oxidation sites excluding steroid dienone is 4. The van der Waals surface area contributed by atoms with E-state index in [4.69, 9.17) is 10.4 Å². The molecular formula is C27H38FN3. The zero-order valence-electron chi connectivity index (χ0n) is 19.8. The average Bonchev–Trinajstić information content (AvgIpc) is 3.54. The fourth-order valence-corrected chi connectivity index (χ4v) is 4.83. The van der Waals surface area contributed by atoms with Gasteiger partial charge in [0.25, 0.3) is 0 Å². The normalized spacial score (nSPS) is 18.7. The van der Waals surface area contributed by atoms with Crippen LogP contribution in [0, 0.1) is 35.9 Å². The Balaban J connectivity index is 2.03. The molecule has 0 spiro atoms. The molecule has 0 aliphatic heterocycles. The molecule has 0 atom stereocenters. The Morgan fingerprint density at radius 3 is 2.35 bits per heavy atom. The van der Waals surface area contributed by atoms with Crippen molar-refractivity contribution < 1.29 is 4.39 Å². The van der Waals surface area contributed by atoms with Gasteiger partial charge in [-0.1, -0.05) is 32.1 Å². The van der Waals surface area contributed by atoms with E-state index >= 15 is 0 Å². The van der Waals surface area contributed by atoms with E-state index in [1.807, 2.05) is 6.92 Å². The maximum atomic E-state index is 13.8. The number of halogens is 1. The van der Waals surface area contributed by atoms with Crippen LogP contribution < -0.4 is 0 Å². The summed E-state index contributed by atoms with van der Waals surface area (Å²) in [5, 5.41) is 8.59. The van der Waals surface area contributed by atoms with E-state index in [1.165, 1.54) is 36.2 Å². The molecule has 2 aliphatic rings. The number of aliphatic imine (C=N–C) groups is 1. The monoisotopic (exact) mass is 423 g/mol. The lowest BCUT2D eigenvalue weighted by atomic mass is 9.88. The zero-order chi connectivity index (χ0) is 22.5. The SMILES string of the molecule is CC(=NC(=N)c1cc(F)ccc1C)/C(=C(\C1CCC=CCC1)N(C)CC(C)C)C1CC1. The third-order valence-electron chi connectivity index (χ3n) is 6.35. The van der Waals surface area contributed by atoms with Crippen LogP contribution in [0.25, 0.3) is 0 Å². The number of aryl methyl sites for hydroxylation is 1. The molecule has 1 aromatic carbocycles. The molecule has 0 aromatic heterocycles. The summed E-state index contributed by atoms with van der Waals surface area (Å²) < 4.78 is 13.8. The Hall–Kier alpha value is -2.23. The zero-order valence-corrected chi connectivity index (χ0v) is 19.8. The van der Waals surface area contributed by atoms with Gasteiger partial charge in [0.15, 0.2) is 5.84 Å². The molecule has 0 saturated heterocycles. The lowest BCUT2D eigenvalue weighted by molar-refractivity contribution is 0.303. The van der Waals surface area contributed by atoms with Crippen LogP contribution >= 0.6 is 0 Å². The molecule has 3 rings (SSSR count). The standard InChI is InChI=1S/C27H38FN3/c1-18(2)17-31(5)26(22-10-8-6-7-9-11-22)25(21-13-14-21)20(4)30-27(29)24-16-23(28)15-12-19(24)3/h6-7,12,15-16,18,21-22,29H,8-11,13-14,17H2,1-5H3/b26-25-,29-27?,30-20?. The predicted octanol–water partition coefficient (Wildman–Crippen LogP) is 6.92. The minimum Gasteiger partial charge on any atom is -0.377 e. The first-order valence-electron chi connectivity index (χ1n) is 11.8. The topological polar surface area (TPSA) is 39.5 Å². The molecular weight excluding hydrogens is 385 g/mol. The van der Waals surface area contributed by atoms with Crippen LogP contribution in [-0.4, -0.2) is 30.0 Å². The van der Waals surface area contributed by atoms with Crippen molar-refractivity contribution in [3.05, 3.63) is 58.6 Å². The Morgan fingerprint density at radius 1 is 1.13 bits per heavy atom. The van der Waals surface area contributed by atoms with E-state index in [9.17, 15) is 4.39 Å². The van der Waals surface area contributed by atoms with Gasteiger partial charge < -0.3 is 4.90 Å². The largest absolute Gasteiger partial charge is 0.377 e. The number of hydrogen-bond acceptors (Lipinski definition) is 2. The second-order valence-corrected chi connectivity index (χ2v) is 9.68. The molecule has 0 bridgehead atoms. The number of benzene rings is 1. The fourth-order valence-electron chi connectivity index (χ4n) is 4.83. The summed E-state index contributed by atoms with van der Waals surface area (Å²) >= 11 is 0. The smallest absolute Gasteiger partial charge is 0.152 e. The van der Waals surface area contributed by atoms with Crippen LogP contribution in [0.1, 0.15) is 70.4 Å². The summed E-state index contributed by atoms with van der Waals surface area (Å²) in [6.07, 6.45) is 11.6. The minimum atomic E-state index is -0.320. The number of amidine groups is 1. The molecule has 0 heterocycles. The van der Waals surface area contributed by atoms with Gasteiger partial charge in [-0.25, -0.2) is 9.38 Å². The van der Waals surface area contributed by atoms with Gasteiger partial charge in [-0.3, -0.25) is 5.41 Å². The Morgan fingerprint density at radius 2 is 1.77 bits per heavy atom. The number of nitrogens with one attached hydrogen (secondary N) is 1. The van der Waals surface area contributed by atoms with E-state index in [0.29, 0.717) is 23.3 Å². The van der Waals surface area contributed by atoms with Crippen molar-refractivity contribution >= 4 is 11.5 Å². The van der Waals surface area contributed by atoms with Crippen LogP contribution in [0.5, 0.6) is 0 Å². The lowest BCUT2D eigenvalue weighted by Gasteiger charge is -2.33. The third-order valence-corrected chi connectivity index (χ3v) is 6.35. The molecule has 4 heteroatoms. The Kier molecular flexibility index (Phi) is 7.85. The predicted molar refractivity (Wildman–Crippen MR) is 129 cm³/mol. The lowest BCUT2D eigenvalue weighted by Crippen LogP contribution is -2.30. The van der Waals surface area contributed by atoms with Gasteiger partial charge in [0.2, 0.25) is 0 Å². The molecule has 1 N–H and O–H groups in total. The molecule has 31 heavy (non-hydrogen) atoms. The van der Waals surface area contributed by atoms with Crippen molar-refractivity contribution in [3.8, 4) is 0 Å². The van der Waals surface area contributed by atoms with E-state index in [0.717, 1.165) is 43.5 Å². The minimum absolute atomic E-state index is 0.154. The van der Waals surface area contributed by atoms with Gasteiger partial charge in [-0.05, 0) is 93.4 Å². The highest BCUT2D eigenvalue weighted by molar-refractivity contribution is 6.11. The van der Waals surface area contributed by atoms with E-state index < -0.39 is 0 Å². The first-order chi connectivity index (χ1) is 14.8. The van der Waals surface area contributed by atoms with Crippen molar-refractivity contribution in [2.75, 3.05) is 13.6 Å². The maximum Gasteiger partial charge on any atom is 0.152 e. The molecule has 1 aromatic rings. The van der Waals surface area contributed by atoms with Crippen molar-refractivity contribution in [1.29, 1.82) is 5.41 Å². The molecule has 1 fully saturated rings. The summed E-state index contributed by atoms with van der Waals surface area (Å²) in [6, 6.07) is 4.59. The Labute approximate surface area is 187 Å². The molecule has 0 radical (unpaired) electrons. The molecule has 2 aliphatic carbocycles. The summed E-state index contributed by atoms with van der Waals surface area (Å²) in [5.74, 6) is 1.46. The maximum absolute atomic E-state index is 13.8. The van der Waals surface area contributed by atoms with Crippen LogP contribution in [0.3, 0.4) is 0 Å². The highest BCUT2D eigenvalue weighted by atomic mass is 19.1. The molecule has 1 saturated carbocycles. The number of nitrogens with zero attached hydrogens (tertiary/aromatic N) is 2. The van der Waals surface area contributed by atoms with Gasteiger partial charge in [-0.15, -0.1) is 0 Å². The van der Waals surface area contributed by atoms with Crippen molar-refractivity contribution in [2.24, 2.45) is 22.7 Å². The van der Waals surface area contributed by atoms with Gasteiger partial charge in [-0.2, -0.15) is 0 Å². The van der Waals surface area contributed by atoms with Gasteiger partial charge in [0.05, 0.1) is 0 Å². The van der Waals surface area contributed by atoms with Crippen molar-refractivity contribution in [2.45, 2.75) is 66.2 Å². The highest BCUT2D eigenvalue weighted by Crippen LogP contribution is 2.43. The van der Waals surface area contributed by atoms with Crippen LogP contribution in [0.15, 0.2) is 46.6 Å². The molecule has 168 valence electrons. The van der Waals surface area contributed by atoms with Crippen LogP contribution in [0.4, 0.5) is 4.39 Å². The first-order valence-corrected chi connectivity index (χ1v) is 11.8.